The summed E-state index contributed by atoms with van der Waals surface area (Å²) in [4.78, 5) is 15.5. The highest BCUT2D eigenvalue weighted by atomic mass is 19.1. The second-order valence-corrected chi connectivity index (χ2v) is 6.32. The van der Waals surface area contributed by atoms with E-state index >= 15 is 0 Å². The van der Waals surface area contributed by atoms with Gasteiger partial charge in [0.2, 0.25) is 0 Å². The maximum atomic E-state index is 14.1. The van der Waals surface area contributed by atoms with E-state index in [-0.39, 0.29) is 18.5 Å². The number of aromatic nitrogens is 3. The summed E-state index contributed by atoms with van der Waals surface area (Å²) in [5, 5.41) is 11.2. The van der Waals surface area contributed by atoms with E-state index in [1.807, 2.05) is 6.07 Å². The van der Waals surface area contributed by atoms with Crippen LogP contribution in [0.15, 0.2) is 54.7 Å². The van der Waals surface area contributed by atoms with Crippen LogP contribution in [0, 0.1) is 5.82 Å². The minimum Gasteiger partial charge on any atom is -0.465 e. The lowest BCUT2D eigenvalue weighted by Gasteiger charge is -2.10. The fourth-order valence-electron chi connectivity index (χ4n) is 2.74. The van der Waals surface area contributed by atoms with Gasteiger partial charge in [0, 0.05) is 24.7 Å². The first-order chi connectivity index (χ1) is 14.1. The van der Waals surface area contributed by atoms with Crippen molar-refractivity contribution in [2.45, 2.75) is 19.0 Å². The van der Waals surface area contributed by atoms with E-state index < -0.39 is 18.0 Å². The zero-order valence-electron chi connectivity index (χ0n) is 15.8. The Balaban J connectivity index is 1.53. The summed E-state index contributed by atoms with van der Waals surface area (Å²) in [6, 6.07) is 13.1. The first-order valence-corrected chi connectivity index (χ1v) is 9.06. The van der Waals surface area contributed by atoms with Gasteiger partial charge in [0.05, 0.1) is 24.1 Å². The topological polar surface area (TPSA) is 77.0 Å². The monoisotopic (exact) mass is 398 g/mol. The molecule has 2 heterocycles. The molecule has 0 saturated heterocycles. The lowest BCUT2D eigenvalue weighted by Crippen LogP contribution is -2.14. The molecule has 3 rings (SSSR count). The number of rotatable bonds is 8. The van der Waals surface area contributed by atoms with Crippen LogP contribution in [0.1, 0.15) is 22.5 Å². The SMILES string of the molecule is COC(=O)c1cccc(-c2ccc(NCC[C@H](F)Cc3ncccc3F)nn2)c1. The quantitative estimate of drug-likeness (QED) is 0.581. The molecule has 1 atom stereocenters. The second-order valence-electron chi connectivity index (χ2n) is 6.32. The van der Waals surface area contributed by atoms with Crippen LogP contribution in [0.3, 0.4) is 0 Å². The van der Waals surface area contributed by atoms with Gasteiger partial charge in [-0.05, 0) is 42.8 Å². The maximum absolute atomic E-state index is 14.1. The third kappa shape index (κ3) is 5.54. The number of ether oxygens (including phenoxy) is 1. The molecule has 0 aliphatic rings. The van der Waals surface area contributed by atoms with Crippen molar-refractivity contribution in [1.29, 1.82) is 0 Å². The average Bonchev–Trinajstić information content (AvgIpc) is 2.75. The second kappa shape index (κ2) is 9.68. The summed E-state index contributed by atoms with van der Waals surface area (Å²) in [5.41, 5.74) is 1.87. The smallest absolute Gasteiger partial charge is 0.337 e. The first-order valence-electron chi connectivity index (χ1n) is 9.06. The van der Waals surface area contributed by atoms with Crippen molar-refractivity contribution in [3.63, 3.8) is 0 Å². The average molecular weight is 398 g/mol. The molecule has 29 heavy (non-hydrogen) atoms. The molecule has 2 aromatic heterocycles. The summed E-state index contributed by atoms with van der Waals surface area (Å²) >= 11 is 0. The number of hydrogen-bond donors (Lipinski definition) is 1. The Morgan fingerprint density at radius 1 is 1.17 bits per heavy atom. The molecular weight excluding hydrogens is 378 g/mol. The summed E-state index contributed by atoms with van der Waals surface area (Å²) in [6.45, 7) is 0.321. The molecule has 8 heteroatoms. The van der Waals surface area contributed by atoms with E-state index in [1.54, 1.807) is 30.3 Å². The number of methoxy groups -OCH3 is 1. The van der Waals surface area contributed by atoms with E-state index in [4.69, 9.17) is 4.74 Å². The molecule has 0 fully saturated rings. The van der Waals surface area contributed by atoms with Crippen LogP contribution in [0.5, 0.6) is 0 Å². The Morgan fingerprint density at radius 2 is 2.03 bits per heavy atom. The molecule has 0 spiro atoms. The summed E-state index contributed by atoms with van der Waals surface area (Å²) in [5.74, 6) is -0.431. The van der Waals surface area contributed by atoms with Gasteiger partial charge in [0.15, 0.2) is 0 Å². The minimum atomic E-state index is -1.22. The van der Waals surface area contributed by atoms with E-state index in [0.717, 1.165) is 5.56 Å². The fraction of sp³-hybridized carbons (Fsp3) is 0.238. The van der Waals surface area contributed by atoms with Crippen LogP contribution in [-0.2, 0) is 11.2 Å². The number of carbonyl (C=O) groups excluding carboxylic acids is 1. The number of carbonyl (C=O) groups is 1. The highest BCUT2D eigenvalue weighted by Gasteiger charge is 2.12. The number of alkyl halides is 1. The van der Waals surface area contributed by atoms with E-state index in [0.29, 0.717) is 23.6 Å². The molecule has 0 aliphatic carbocycles. The van der Waals surface area contributed by atoms with Crippen LogP contribution in [0.4, 0.5) is 14.6 Å². The van der Waals surface area contributed by atoms with Gasteiger partial charge in [0.25, 0.3) is 0 Å². The van der Waals surface area contributed by atoms with E-state index in [9.17, 15) is 13.6 Å². The van der Waals surface area contributed by atoms with Crippen molar-refractivity contribution in [2.24, 2.45) is 0 Å². The molecule has 0 saturated carbocycles. The number of esters is 1. The van der Waals surface area contributed by atoms with Gasteiger partial charge in [0.1, 0.15) is 17.8 Å². The van der Waals surface area contributed by atoms with Crippen molar-refractivity contribution in [3.8, 4) is 11.3 Å². The Morgan fingerprint density at radius 3 is 2.76 bits per heavy atom. The van der Waals surface area contributed by atoms with Crippen LogP contribution in [-0.4, -0.2) is 41.0 Å². The highest BCUT2D eigenvalue weighted by Crippen LogP contribution is 2.19. The zero-order valence-corrected chi connectivity index (χ0v) is 15.8. The van der Waals surface area contributed by atoms with Gasteiger partial charge in [-0.1, -0.05) is 12.1 Å². The molecule has 0 bridgehead atoms. The summed E-state index contributed by atoms with van der Waals surface area (Å²) in [6.07, 6.45) is 0.331. The molecule has 0 amide bonds. The largest absolute Gasteiger partial charge is 0.465 e. The Hall–Kier alpha value is -3.42. The molecule has 150 valence electrons. The Labute approximate surface area is 167 Å². The predicted octanol–water partition coefficient (Wildman–Crippen LogP) is 3.85. The number of nitrogens with zero attached hydrogens (tertiary/aromatic N) is 3. The lowest BCUT2D eigenvalue weighted by molar-refractivity contribution is 0.0601. The number of benzene rings is 1. The Bertz CT molecular complexity index is 967. The number of hydrogen-bond acceptors (Lipinski definition) is 6. The van der Waals surface area contributed by atoms with E-state index in [1.165, 1.54) is 25.4 Å². The first kappa shape index (κ1) is 20.3. The summed E-state index contributed by atoms with van der Waals surface area (Å²) < 4.78 is 32.3. The van der Waals surface area contributed by atoms with Crippen molar-refractivity contribution >= 4 is 11.8 Å². The third-order valence-electron chi connectivity index (χ3n) is 4.26. The van der Waals surface area contributed by atoms with E-state index in [2.05, 4.69) is 20.5 Å². The molecule has 6 nitrogen and oxygen atoms in total. The van der Waals surface area contributed by atoms with Gasteiger partial charge < -0.3 is 10.1 Å². The molecule has 3 aromatic rings. The van der Waals surface area contributed by atoms with Gasteiger partial charge in [-0.15, -0.1) is 10.2 Å². The normalized spacial score (nSPS) is 11.7. The van der Waals surface area contributed by atoms with Crippen LogP contribution in [0.2, 0.25) is 0 Å². The van der Waals surface area contributed by atoms with Gasteiger partial charge >= 0.3 is 5.97 Å². The molecule has 0 unspecified atom stereocenters. The Kier molecular flexibility index (Phi) is 6.78. The van der Waals surface area contributed by atoms with Crippen molar-refractivity contribution in [3.05, 3.63) is 71.8 Å². The van der Waals surface area contributed by atoms with Crippen LogP contribution >= 0.6 is 0 Å². The predicted molar refractivity (Wildman–Crippen MR) is 105 cm³/mol. The lowest BCUT2D eigenvalue weighted by atomic mass is 10.1. The zero-order chi connectivity index (χ0) is 20.6. The third-order valence-corrected chi connectivity index (χ3v) is 4.26. The fourth-order valence-corrected chi connectivity index (χ4v) is 2.74. The van der Waals surface area contributed by atoms with Crippen molar-refractivity contribution in [1.82, 2.24) is 15.2 Å². The van der Waals surface area contributed by atoms with Gasteiger partial charge in [-0.2, -0.15) is 0 Å². The number of anilines is 1. The summed E-state index contributed by atoms with van der Waals surface area (Å²) in [7, 11) is 1.32. The standard InChI is InChI=1S/C21H20F2N4O2/c1-29-21(28)15-5-2-4-14(12-15)18-7-8-20(27-26-18)25-11-9-16(22)13-19-17(23)6-3-10-24-19/h2-8,10,12,16H,9,11,13H2,1H3,(H,25,27)/t16-/m0/s1. The molecule has 0 aliphatic heterocycles. The molecule has 1 aromatic carbocycles. The van der Waals surface area contributed by atoms with Gasteiger partial charge in [-0.3, -0.25) is 4.98 Å². The number of pyridine rings is 1. The highest BCUT2D eigenvalue weighted by molar-refractivity contribution is 5.90. The number of nitrogens with one attached hydrogen (secondary N) is 1. The van der Waals surface area contributed by atoms with Gasteiger partial charge in [-0.25, -0.2) is 13.6 Å². The molecular formula is C21H20F2N4O2. The minimum absolute atomic E-state index is 0.0739. The number of halogens is 2. The van der Waals surface area contributed by atoms with Crippen molar-refractivity contribution in [2.75, 3.05) is 19.0 Å². The maximum Gasteiger partial charge on any atom is 0.337 e. The molecule has 0 radical (unpaired) electrons. The van der Waals surface area contributed by atoms with Crippen LogP contribution < -0.4 is 5.32 Å². The molecule has 1 N–H and O–H groups in total. The van der Waals surface area contributed by atoms with Crippen LogP contribution in [0.25, 0.3) is 11.3 Å². The van der Waals surface area contributed by atoms with Crippen molar-refractivity contribution < 1.29 is 18.3 Å².